The molecule has 0 bridgehead atoms. The average Bonchev–Trinajstić information content (AvgIpc) is 2.38. The maximum atomic E-state index is 11.1. The van der Waals surface area contributed by atoms with Crippen molar-refractivity contribution in [1.29, 1.82) is 0 Å². The molecular weight excluding hydrogens is 264 g/mol. The average molecular weight is 279 g/mol. The van der Waals surface area contributed by atoms with E-state index in [0.29, 0.717) is 17.1 Å². The van der Waals surface area contributed by atoms with E-state index >= 15 is 0 Å². The molecule has 0 radical (unpaired) electrons. The lowest BCUT2D eigenvalue weighted by Gasteiger charge is -2.17. The van der Waals surface area contributed by atoms with Gasteiger partial charge in [0.2, 0.25) is 0 Å². The molecule has 100 valence electrons. The van der Waals surface area contributed by atoms with Crippen molar-refractivity contribution in [3.63, 3.8) is 0 Å². The van der Waals surface area contributed by atoms with Crippen molar-refractivity contribution in [2.45, 2.75) is 26.3 Å². The Bertz CT molecular complexity index is 628. The van der Waals surface area contributed by atoms with Crippen LogP contribution >= 0.6 is 11.6 Å². The fourth-order valence-corrected chi connectivity index (χ4v) is 2.36. The molecule has 0 fully saturated rings. The third-order valence-electron chi connectivity index (χ3n) is 3.06. The van der Waals surface area contributed by atoms with Crippen LogP contribution in [-0.4, -0.2) is 22.1 Å². The molecule has 0 amide bonds. The first-order valence-electron chi connectivity index (χ1n) is 6.07. The van der Waals surface area contributed by atoms with E-state index in [2.05, 4.69) is 10.3 Å². The first-order valence-corrected chi connectivity index (χ1v) is 6.45. The predicted molar refractivity (Wildman–Crippen MR) is 76.8 cm³/mol. The molecule has 1 unspecified atom stereocenters. The monoisotopic (exact) mass is 278 g/mol. The van der Waals surface area contributed by atoms with Crippen LogP contribution in [0.25, 0.3) is 10.9 Å². The summed E-state index contributed by atoms with van der Waals surface area (Å²) in [5.41, 5.74) is 2.42. The van der Waals surface area contributed by atoms with Gasteiger partial charge in [0.15, 0.2) is 0 Å². The molecule has 0 aliphatic carbocycles. The fraction of sp³-hybridized carbons (Fsp3) is 0.286. The summed E-state index contributed by atoms with van der Waals surface area (Å²) in [6.45, 7) is 3.74. The lowest BCUT2D eigenvalue weighted by Crippen LogP contribution is -2.28. The number of nitrogens with one attached hydrogen (secondary N) is 1. The van der Waals surface area contributed by atoms with Crippen LogP contribution in [0.5, 0.6) is 0 Å². The minimum Gasteiger partial charge on any atom is -0.480 e. The lowest BCUT2D eigenvalue weighted by atomic mass is 10.1. The molecule has 1 aromatic carbocycles. The van der Waals surface area contributed by atoms with E-state index in [9.17, 15) is 4.79 Å². The van der Waals surface area contributed by atoms with Gasteiger partial charge in [0.05, 0.1) is 16.2 Å². The molecule has 2 rings (SSSR count). The van der Waals surface area contributed by atoms with Crippen LogP contribution in [0, 0.1) is 6.92 Å². The van der Waals surface area contributed by atoms with Crippen LogP contribution in [0.3, 0.4) is 0 Å². The zero-order valence-corrected chi connectivity index (χ0v) is 11.5. The fourth-order valence-electron chi connectivity index (χ4n) is 2.04. The highest BCUT2D eigenvalue weighted by Crippen LogP contribution is 2.33. The Morgan fingerprint density at radius 1 is 1.58 bits per heavy atom. The number of hydrogen-bond acceptors (Lipinski definition) is 3. The molecule has 19 heavy (non-hydrogen) atoms. The van der Waals surface area contributed by atoms with E-state index in [1.165, 1.54) is 0 Å². The Hall–Kier alpha value is -1.81. The summed E-state index contributed by atoms with van der Waals surface area (Å²) >= 11 is 6.23. The molecule has 0 saturated carbocycles. The number of fused-ring (bicyclic) bond motifs is 1. The molecule has 1 aromatic heterocycles. The molecular formula is C14H15ClN2O2. The van der Waals surface area contributed by atoms with E-state index in [4.69, 9.17) is 16.7 Å². The number of carboxylic acids is 1. The van der Waals surface area contributed by atoms with Crippen molar-refractivity contribution in [3.8, 4) is 0 Å². The number of anilines is 1. The molecule has 5 heteroatoms. The Labute approximate surface area is 116 Å². The van der Waals surface area contributed by atoms with E-state index in [1.54, 1.807) is 12.3 Å². The number of halogens is 1. The van der Waals surface area contributed by atoms with E-state index < -0.39 is 12.0 Å². The molecule has 0 aliphatic heterocycles. The number of aliphatic carboxylic acids is 1. The van der Waals surface area contributed by atoms with Crippen LogP contribution in [0.1, 0.15) is 18.9 Å². The summed E-state index contributed by atoms with van der Waals surface area (Å²) in [6, 6.07) is 4.83. The van der Waals surface area contributed by atoms with Gasteiger partial charge in [-0.3, -0.25) is 4.98 Å². The second kappa shape index (κ2) is 5.45. The van der Waals surface area contributed by atoms with Gasteiger partial charge < -0.3 is 10.4 Å². The number of nitrogens with zero attached hydrogens (tertiary/aromatic N) is 1. The number of hydrogen-bond donors (Lipinski definition) is 2. The van der Waals surface area contributed by atoms with Gasteiger partial charge in [0.1, 0.15) is 6.04 Å². The maximum absolute atomic E-state index is 11.1. The summed E-state index contributed by atoms with van der Waals surface area (Å²) in [5.74, 6) is -0.892. The van der Waals surface area contributed by atoms with Gasteiger partial charge in [-0.1, -0.05) is 18.5 Å². The van der Waals surface area contributed by atoms with Gasteiger partial charge in [0, 0.05) is 11.6 Å². The van der Waals surface area contributed by atoms with Gasteiger partial charge in [-0.05, 0) is 37.1 Å². The molecule has 2 N–H and O–H groups in total. The van der Waals surface area contributed by atoms with E-state index in [1.807, 2.05) is 26.0 Å². The third-order valence-corrected chi connectivity index (χ3v) is 3.36. The van der Waals surface area contributed by atoms with E-state index in [0.717, 1.165) is 16.5 Å². The van der Waals surface area contributed by atoms with Crippen LogP contribution in [0.4, 0.5) is 5.69 Å². The predicted octanol–water partition coefficient (Wildman–Crippen LogP) is 3.47. The first kappa shape index (κ1) is 13.6. The van der Waals surface area contributed by atoms with Crippen LogP contribution in [0.2, 0.25) is 5.02 Å². The van der Waals surface area contributed by atoms with Crippen molar-refractivity contribution < 1.29 is 9.90 Å². The summed E-state index contributed by atoms with van der Waals surface area (Å²) in [5, 5.41) is 13.5. The summed E-state index contributed by atoms with van der Waals surface area (Å²) in [4.78, 5) is 15.4. The highest BCUT2D eigenvalue weighted by molar-refractivity contribution is 6.35. The second-order valence-electron chi connectivity index (χ2n) is 4.39. The first-order chi connectivity index (χ1) is 9.04. The number of aryl methyl sites for hydroxylation is 1. The zero-order valence-electron chi connectivity index (χ0n) is 10.8. The Morgan fingerprint density at radius 2 is 2.32 bits per heavy atom. The normalized spacial score (nSPS) is 12.4. The molecule has 0 aliphatic rings. The molecule has 1 atom stereocenters. The summed E-state index contributed by atoms with van der Waals surface area (Å²) < 4.78 is 0. The smallest absolute Gasteiger partial charge is 0.326 e. The van der Waals surface area contributed by atoms with Gasteiger partial charge in [-0.2, -0.15) is 0 Å². The highest BCUT2D eigenvalue weighted by atomic mass is 35.5. The van der Waals surface area contributed by atoms with Crippen LogP contribution in [0.15, 0.2) is 24.4 Å². The van der Waals surface area contributed by atoms with Crippen LogP contribution < -0.4 is 5.32 Å². The molecule has 4 nitrogen and oxygen atoms in total. The Morgan fingerprint density at radius 3 is 2.95 bits per heavy atom. The van der Waals surface area contributed by atoms with Gasteiger partial charge in [-0.25, -0.2) is 4.79 Å². The van der Waals surface area contributed by atoms with E-state index in [-0.39, 0.29) is 0 Å². The van der Waals surface area contributed by atoms with Crippen molar-refractivity contribution >= 4 is 34.2 Å². The lowest BCUT2D eigenvalue weighted by molar-refractivity contribution is -0.137. The standard InChI is InChI=1S/C14H15ClN2O2/c1-3-11(14(18)19)17-13-9-5-4-6-16-12(9)8(2)7-10(13)15/h4-7,11,17H,3H2,1-2H3,(H,18,19). The maximum Gasteiger partial charge on any atom is 0.326 e. The highest BCUT2D eigenvalue weighted by Gasteiger charge is 2.18. The molecule has 0 saturated heterocycles. The van der Waals surface area contributed by atoms with Gasteiger partial charge in [-0.15, -0.1) is 0 Å². The number of carboxylic acid groups (broad SMARTS) is 1. The van der Waals surface area contributed by atoms with Crippen molar-refractivity contribution in [1.82, 2.24) is 4.98 Å². The largest absolute Gasteiger partial charge is 0.480 e. The van der Waals surface area contributed by atoms with Crippen LogP contribution in [-0.2, 0) is 4.79 Å². The van der Waals surface area contributed by atoms with Gasteiger partial charge >= 0.3 is 5.97 Å². The number of benzene rings is 1. The Balaban J connectivity index is 2.56. The van der Waals surface area contributed by atoms with Crippen molar-refractivity contribution in [3.05, 3.63) is 35.0 Å². The second-order valence-corrected chi connectivity index (χ2v) is 4.80. The summed E-state index contributed by atoms with van der Waals surface area (Å²) in [6.07, 6.45) is 2.18. The number of pyridine rings is 1. The molecule has 2 aromatic rings. The van der Waals surface area contributed by atoms with Gasteiger partial charge in [0.25, 0.3) is 0 Å². The topological polar surface area (TPSA) is 62.2 Å². The SMILES string of the molecule is CCC(Nc1c(Cl)cc(C)c2ncccc12)C(=O)O. The van der Waals surface area contributed by atoms with Crippen molar-refractivity contribution in [2.24, 2.45) is 0 Å². The zero-order chi connectivity index (χ0) is 14.0. The summed E-state index contributed by atoms with van der Waals surface area (Å²) in [7, 11) is 0. The minimum atomic E-state index is -0.892. The number of carbonyl (C=O) groups is 1. The quantitative estimate of drug-likeness (QED) is 0.899. The number of rotatable bonds is 4. The third kappa shape index (κ3) is 2.63. The van der Waals surface area contributed by atoms with Crippen molar-refractivity contribution in [2.75, 3.05) is 5.32 Å². The number of aromatic nitrogens is 1. The Kier molecular flexibility index (Phi) is 3.90. The molecule has 0 spiro atoms. The minimum absolute atomic E-state index is 0.474. The molecule has 1 heterocycles.